The van der Waals surface area contributed by atoms with Crippen molar-refractivity contribution in [1.29, 1.82) is 5.26 Å². The first-order valence-electron chi connectivity index (χ1n) is 9.70. The Bertz CT molecular complexity index is 1070. The zero-order valence-corrected chi connectivity index (χ0v) is 16.8. The van der Waals surface area contributed by atoms with Crippen LogP contribution in [0.4, 0.5) is 0 Å². The van der Waals surface area contributed by atoms with Crippen LogP contribution >= 0.6 is 11.3 Å². The third kappa shape index (κ3) is 2.85. The van der Waals surface area contributed by atoms with E-state index < -0.39 is 5.41 Å². The van der Waals surface area contributed by atoms with Gasteiger partial charge in [-0.1, -0.05) is 6.92 Å². The van der Waals surface area contributed by atoms with Crippen LogP contribution in [0.25, 0.3) is 10.4 Å². The molecule has 3 aromatic rings. The first-order valence-corrected chi connectivity index (χ1v) is 10.6. The minimum atomic E-state index is -0.727. The van der Waals surface area contributed by atoms with Crippen molar-refractivity contribution in [3.63, 3.8) is 0 Å². The molecule has 2 bridgehead atoms. The van der Waals surface area contributed by atoms with E-state index in [2.05, 4.69) is 33.2 Å². The Hall–Kier alpha value is -3.05. The number of nitriles is 1. The lowest BCUT2D eigenvalue weighted by Crippen LogP contribution is -2.52. The number of nitrogens with one attached hydrogen (secondary N) is 1. The molecule has 2 saturated heterocycles. The van der Waals surface area contributed by atoms with E-state index in [9.17, 15) is 10.1 Å². The lowest BCUT2D eigenvalue weighted by molar-refractivity contribution is 0.0496. The number of aromatic nitrogens is 4. The maximum absolute atomic E-state index is 13.4. The molecule has 5 heterocycles. The van der Waals surface area contributed by atoms with Gasteiger partial charge in [0.1, 0.15) is 11.2 Å². The Morgan fingerprint density at radius 3 is 2.90 bits per heavy atom. The topological polar surface area (TPSA) is 98.6 Å². The minimum Gasteiger partial charge on any atom is -0.332 e. The average Bonchev–Trinajstić information content (AvgIpc) is 3.48. The Labute approximate surface area is 172 Å². The SMILES string of the molecule is CC1CC2CC(C#N)(c3ncccn3)CC1N2C(=O)c1csc(-c2cn[nH]c2)c1. The van der Waals surface area contributed by atoms with Gasteiger partial charge in [-0.05, 0) is 37.3 Å². The Balaban J connectivity index is 1.45. The third-order valence-electron chi connectivity index (χ3n) is 6.26. The fourth-order valence-electron chi connectivity index (χ4n) is 4.89. The molecule has 5 rings (SSSR count). The highest BCUT2D eigenvalue weighted by molar-refractivity contribution is 7.13. The maximum Gasteiger partial charge on any atom is 0.255 e. The molecule has 1 amide bonds. The molecule has 2 aliphatic rings. The van der Waals surface area contributed by atoms with Crippen molar-refractivity contribution >= 4 is 17.2 Å². The summed E-state index contributed by atoms with van der Waals surface area (Å²) >= 11 is 1.54. The highest BCUT2D eigenvalue weighted by atomic mass is 32.1. The molecule has 0 spiro atoms. The van der Waals surface area contributed by atoms with Gasteiger partial charge in [0.15, 0.2) is 0 Å². The largest absolute Gasteiger partial charge is 0.332 e. The molecule has 0 radical (unpaired) electrons. The molecule has 29 heavy (non-hydrogen) atoms. The number of hydrogen-bond donors (Lipinski definition) is 1. The number of rotatable bonds is 3. The zero-order valence-electron chi connectivity index (χ0n) is 15.9. The van der Waals surface area contributed by atoms with Crippen LogP contribution < -0.4 is 0 Å². The van der Waals surface area contributed by atoms with Crippen LogP contribution in [0.15, 0.2) is 42.3 Å². The van der Waals surface area contributed by atoms with Gasteiger partial charge in [-0.2, -0.15) is 10.4 Å². The van der Waals surface area contributed by atoms with E-state index >= 15 is 0 Å². The van der Waals surface area contributed by atoms with Gasteiger partial charge in [0.2, 0.25) is 0 Å². The molecule has 4 unspecified atom stereocenters. The van der Waals surface area contributed by atoms with Crippen molar-refractivity contribution in [3.05, 3.63) is 53.7 Å². The van der Waals surface area contributed by atoms with Crippen LogP contribution in [0.2, 0.25) is 0 Å². The number of piperidine rings is 1. The lowest BCUT2D eigenvalue weighted by atomic mass is 9.74. The predicted octanol–water partition coefficient (Wildman–Crippen LogP) is 3.40. The smallest absolute Gasteiger partial charge is 0.255 e. The number of nitrogens with zero attached hydrogens (tertiary/aromatic N) is 5. The maximum atomic E-state index is 13.4. The quantitative estimate of drug-likeness (QED) is 0.721. The van der Waals surface area contributed by atoms with E-state index in [4.69, 9.17) is 0 Å². The lowest BCUT2D eigenvalue weighted by Gasteiger charge is -2.42. The van der Waals surface area contributed by atoms with Crippen molar-refractivity contribution in [1.82, 2.24) is 25.1 Å². The summed E-state index contributed by atoms with van der Waals surface area (Å²) in [6.07, 6.45) is 9.03. The summed E-state index contributed by atoms with van der Waals surface area (Å²) in [4.78, 5) is 25.2. The van der Waals surface area contributed by atoms with Crippen molar-refractivity contribution in [3.8, 4) is 16.5 Å². The Kier molecular flexibility index (Phi) is 4.21. The first-order chi connectivity index (χ1) is 14.1. The highest BCUT2D eigenvalue weighted by Gasteiger charge is 2.55. The summed E-state index contributed by atoms with van der Waals surface area (Å²) in [6, 6.07) is 6.25. The van der Waals surface area contributed by atoms with E-state index in [1.165, 1.54) is 0 Å². The second kappa shape index (κ2) is 6.78. The zero-order chi connectivity index (χ0) is 20.0. The van der Waals surface area contributed by atoms with Crippen LogP contribution in [0, 0.1) is 17.2 Å². The number of fused-ring (bicyclic) bond motifs is 2. The molecule has 2 fully saturated rings. The number of aromatic amines is 1. The Morgan fingerprint density at radius 1 is 1.38 bits per heavy atom. The molecule has 4 atom stereocenters. The molecule has 2 aliphatic heterocycles. The number of hydrogen-bond acceptors (Lipinski definition) is 6. The number of thiophene rings is 1. The summed E-state index contributed by atoms with van der Waals surface area (Å²) in [5, 5.41) is 18.8. The third-order valence-corrected chi connectivity index (χ3v) is 7.24. The molecular formula is C21H20N6OS. The van der Waals surface area contributed by atoms with Gasteiger partial charge in [0, 0.05) is 46.5 Å². The summed E-state index contributed by atoms with van der Waals surface area (Å²) in [5.41, 5.74) is 0.957. The molecular weight excluding hydrogens is 384 g/mol. The van der Waals surface area contributed by atoms with Crippen molar-refractivity contribution < 1.29 is 4.79 Å². The highest BCUT2D eigenvalue weighted by Crippen LogP contribution is 2.49. The fraction of sp³-hybridized carbons (Fsp3) is 0.381. The molecule has 0 saturated carbocycles. The second-order valence-electron chi connectivity index (χ2n) is 8.01. The second-order valence-corrected chi connectivity index (χ2v) is 8.92. The van der Waals surface area contributed by atoms with E-state index in [-0.39, 0.29) is 18.0 Å². The van der Waals surface area contributed by atoms with Gasteiger partial charge in [-0.15, -0.1) is 11.3 Å². The fourth-order valence-corrected chi connectivity index (χ4v) is 5.76. The van der Waals surface area contributed by atoms with Crippen LogP contribution in [-0.4, -0.2) is 43.1 Å². The van der Waals surface area contributed by atoms with Gasteiger partial charge < -0.3 is 4.90 Å². The predicted molar refractivity (Wildman–Crippen MR) is 108 cm³/mol. The molecule has 1 N–H and O–H groups in total. The van der Waals surface area contributed by atoms with Gasteiger partial charge >= 0.3 is 0 Å². The van der Waals surface area contributed by atoms with Crippen LogP contribution in [0.3, 0.4) is 0 Å². The number of carbonyl (C=O) groups is 1. The van der Waals surface area contributed by atoms with Crippen LogP contribution in [-0.2, 0) is 5.41 Å². The number of carbonyl (C=O) groups excluding carboxylic acids is 1. The summed E-state index contributed by atoms with van der Waals surface area (Å²) in [5.74, 6) is 0.974. The molecule has 0 aromatic carbocycles. The van der Waals surface area contributed by atoms with E-state index in [1.54, 1.807) is 36.0 Å². The molecule has 7 nitrogen and oxygen atoms in total. The van der Waals surface area contributed by atoms with Crippen LogP contribution in [0.1, 0.15) is 42.4 Å². The van der Waals surface area contributed by atoms with Crippen molar-refractivity contribution in [2.75, 3.05) is 0 Å². The van der Waals surface area contributed by atoms with E-state index in [1.807, 2.05) is 22.5 Å². The van der Waals surface area contributed by atoms with Gasteiger partial charge in [0.25, 0.3) is 5.91 Å². The molecule has 8 heteroatoms. The molecule has 146 valence electrons. The summed E-state index contributed by atoms with van der Waals surface area (Å²) in [6.45, 7) is 2.18. The standard InChI is InChI=1S/C21H20N6OS/c1-13-5-16-7-21(12-22,20-23-3-2-4-24-20)8-17(13)27(16)19(28)14-6-18(29-11-14)15-9-25-26-10-15/h2-4,6,9-11,13,16-17H,5,7-8H2,1H3,(H,25,26). The monoisotopic (exact) mass is 404 g/mol. The number of amides is 1. The van der Waals surface area contributed by atoms with E-state index in [0.717, 1.165) is 16.9 Å². The van der Waals surface area contributed by atoms with Crippen molar-refractivity contribution in [2.45, 2.75) is 43.7 Å². The van der Waals surface area contributed by atoms with Gasteiger partial charge in [-0.25, -0.2) is 9.97 Å². The van der Waals surface area contributed by atoms with E-state index in [0.29, 0.717) is 30.1 Å². The first kappa shape index (κ1) is 18.0. The average molecular weight is 404 g/mol. The normalized spacial score (nSPS) is 28.3. The molecule has 3 aromatic heterocycles. The minimum absolute atomic E-state index is 0.0157. The van der Waals surface area contributed by atoms with Crippen molar-refractivity contribution in [2.24, 2.45) is 5.92 Å². The summed E-state index contributed by atoms with van der Waals surface area (Å²) < 4.78 is 0. The van der Waals surface area contributed by atoms with Gasteiger partial charge in [0.05, 0.1) is 17.8 Å². The number of H-pyrrole nitrogens is 1. The Morgan fingerprint density at radius 2 is 2.21 bits per heavy atom. The molecule has 0 aliphatic carbocycles. The van der Waals surface area contributed by atoms with Crippen LogP contribution in [0.5, 0.6) is 0 Å². The summed E-state index contributed by atoms with van der Waals surface area (Å²) in [7, 11) is 0. The van der Waals surface area contributed by atoms with Gasteiger partial charge in [-0.3, -0.25) is 9.89 Å².